The average Bonchev–Trinajstić information content (AvgIpc) is 2.88. The predicted molar refractivity (Wildman–Crippen MR) is 92.8 cm³/mol. The van der Waals surface area contributed by atoms with E-state index in [9.17, 15) is 0 Å². The van der Waals surface area contributed by atoms with Crippen LogP contribution >= 0.6 is 0 Å². The molecule has 120 valence electrons. The van der Waals surface area contributed by atoms with E-state index in [0.29, 0.717) is 19.0 Å². The van der Waals surface area contributed by atoms with Crippen LogP contribution in [-0.2, 0) is 0 Å². The van der Waals surface area contributed by atoms with Crippen molar-refractivity contribution in [1.29, 1.82) is 0 Å². The molecule has 2 aromatic carbocycles. The van der Waals surface area contributed by atoms with Gasteiger partial charge in [0.05, 0.1) is 25.6 Å². The van der Waals surface area contributed by atoms with E-state index in [2.05, 4.69) is 20.7 Å². The molecule has 6 nitrogen and oxygen atoms in total. The summed E-state index contributed by atoms with van der Waals surface area (Å²) in [7, 11) is 0. The van der Waals surface area contributed by atoms with Gasteiger partial charge in [0.2, 0.25) is 0 Å². The van der Waals surface area contributed by atoms with Crippen LogP contribution in [0.1, 0.15) is 12.0 Å². The summed E-state index contributed by atoms with van der Waals surface area (Å²) in [6.45, 7) is 1.30. The standard InChI is InChI=1S/C18H16N4O2/c1-2-7-15-13(5-1)11-19-21-18(15)22-20-12-14-6-3-8-16-17(14)24-10-4-9-23-16/h1-3,5-8,11-12H,4,9-10H2,(H,21,22). The lowest BCUT2D eigenvalue weighted by atomic mass is 10.2. The first-order chi connectivity index (χ1) is 11.9. The number of aromatic nitrogens is 2. The van der Waals surface area contributed by atoms with E-state index >= 15 is 0 Å². The van der Waals surface area contributed by atoms with Crippen LogP contribution in [0.25, 0.3) is 10.8 Å². The van der Waals surface area contributed by atoms with Crippen LogP contribution in [0.3, 0.4) is 0 Å². The van der Waals surface area contributed by atoms with Crippen molar-refractivity contribution in [2.45, 2.75) is 6.42 Å². The van der Waals surface area contributed by atoms with Gasteiger partial charge in [-0.2, -0.15) is 10.2 Å². The molecule has 1 aromatic heterocycles. The van der Waals surface area contributed by atoms with Crippen molar-refractivity contribution in [2.24, 2.45) is 5.10 Å². The van der Waals surface area contributed by atoms with Crippen molar-refractivity contribution in [3.05, 3.63) is 54.2 Å². The number of benzene rings is 2. The number of nitrogens with zero attached hydrogens (tertiary/aromatic N) is 3. The van der Waals surface area contributed by atoms with Gasteiger partial charge >= 0.3 is 0 Å². The minimum Gasteiger partial charge on any atom is -0.490 e. The van der Waals surface area contributed by atoms with E-state index in [0.717, 1.165) is 34.3 Å². The molecule has 0 amide bonds. The number of para-hydroxylation sites is 1. The Morgan fingerprint density at radius 3 is 2.96 bits per heavy atom. The van der Waals surface area contributed by atoms with Crippen LogP contribution in [0.15, 0.2) is 53.8 Å². The van der Waals surface area contributed by atoms with Crippen molar-refractivity contribution in [2.75, 3.05) is 18.6 Å². The van der Waals surface area contributed by atoms with Crippen LogP contribution in [0.5, 0.6) is 11.5 Å². The zero-order valence-corrected chi connectivity index (χ0v) is 13.0. The number of hydrazone groups is 1. The monoisotopic (exact) mass is 320 g/mol. The normalized spacial score (nSPS) is 13.8. The molecule has 0 saturated carbocycles. The summed E-state index contributed by atoms with van der Waals surface area (Å²) in [4.78, 5) is 0. The van der Waals surface area contributed by atoms with Gasteiger partial charge in [0, 0.05) is 22.8 Å². The molecule has 4 rings (SSSR count). The number of hydrogen-bond donors (Lipinski definition) is 1. The van der Waals surface area contributed by atoms with Gasteiger partial charge < -0.3 is 9.47 Å². The first kappa shape index (κ1) is 14.4. The Labute approximate surface area is 139 Å². The lowest BCUT2D eigenvalue weighted by Gasteiger charge is -2.09. The Balaban J connectivity index is 1.60. The molecule has 24 heavy (non-hydrogen) atoms. The number of hydrogen-bond acceptors (Lipinski definition) is 6. The largest absolute Gasteiger partial charge is 0.490 e. The Morgan fingerprint density at radius 2 is 1.96 bits per heavy atom. The summed E-state index contributed by atoms with van der Waals surface area (Å²) >= 11 is 0. The molecule has 0 bridgehead atoms. The van der Waals surface area contributed by atoms with Gasteiger partial charge in [-0.15, -0.1) is 5.10 Å². The van der Waals surface area contributed by atoms with Gasteiger partial charge in [0.1, 0.15) is 0 Å². The molecule has 1 aliphatic heterocycles. The molecule has 0 atom stereocenters. The summed E-state index contributed by atoms with van der Waals surface area (Å²) in [5.41, 5.74) is 3.81. The molecule has 0 fully saturated rings. The molecule has 0 aliphatic carbocycles. The van der Waals surface area contributed by atoms with Crippen molar-refractivity contribution in [3.8, 4) is 11.5 Å². The third-order valence-corrected chi connectivity index (χ3v) is 3.75. The van der Waals surface area contributed by atoms with Crippen molar-refractivity contribution >= 4 is 22.8 Å². The molecule has 6 heteroatoms. The maximum atomic E-state index is 5.78. The van der Waals surface area contributed by atoms with E-state index in [4.69, 9.17) is 9.47 Å². The number of nitrogens with one attached hydrogen (secondary N) is 1. The van der Waals surface area contributed by atoms with Crippen LogP contribution in [0.2, 0.25) is 0 Å². The van der Waals surface area contributed by atoms with Gasteiger partial charge in [-0.3, -0.25) is 5.43 Å². The molecule has 0 unspecified atom stereocenters. The van der Waals surface area contributed by atoms with Gasteiger partial charge in [0.25, 0.3) is 0 Å². The average molecular weight is 320 g/mol. The molecule has 0 radical (unpaired) electrons. The molecular formula is C18H16N4O2. The SMILES string of the molecule is C(=NNc1nncc2ccccc12)c1cccc2c1OCCCO2. The number of rotatable bonds is 3. The van der Waals surface area contributed by atoms with Crippen molar-refractivity contribution in [1.82, 2.24) is 10.2 Å². The molecule has 0 spiro atoms. The molecule has 0 saturated heterocycles. The fourth-order valence-electron chi connectivity index (χ4n) is 2.59. The number of fused-ring (bicyclic) bond motifs is 2. The number of anilines is 1. The maximum absolute atomic E-state index is 5.78. The summed E-state index contributed by atoms with van der Waals surface area (Å²) in [5, 5.41) is 14.4. The smallest absolute Gasteiger partial charge is 0.176 e. The Morgan fingerprint density at radius 1 is 1.04 bits per heavy atom. The highest BCUT2D eigenvalue weighted by Gasteiger charge is 2.13. The highest BCUT2D eigenvalue weighted by Crippen LogP contribution is 2.32. The Hall–Kier alpha value is -3.15. The number of ether oxygens (including phenoxy) is 2. The van der Waals surface area contributed by atoms with E-state index in [1.54, 1.807) is 12.4 Å². The zero-order chi connectivity index (χ0) is 16.2. The van der Waals surface area contributed by atoms with Gasteiger partial charge in [-0.1, -0.05) is 30.3 Å². The second-order valence-electron chi connectivity index (χ2n) is 5.38. The highest BCUT2D eigenvalue weighted by atomic mass is 16.5. The minimum absolute atomic E-state index is 0.614. The van der Waals surface area contributed by atoms with E-state index in [1.807, 2.05) is 42.5 Å². The van der Waals surface area contributed by atoms with E-state index < -0.39 is 0 Å². The third kappa shape index (κ3) is 2.86. The quantitative estimate of drug-likeness (QED) is 0.593. The zero-order valence-electron chi connectivity index (χ0n) is 13.0. The van der Waals surface area contributed by atoms with E-state index in [1.165, 1.54) is 0 Å². The highest BCUT2D eigenvalue weighted by molar-refractivity contribution is 5.91. The lowest BCUT2D eigenvalue weighted by molar-refractivity contribution is 0.297. The van der Waals surface area contributed by atoms with Crippen LogP contribution in [-0.4, -0.2) is 29.6 Å². The minimum atomic E-state index is 0.614. The second kappa shape index (κ2) is 6.54. The second-order valence-corrected chi connectivity index (χ2v) is 5.38. The lowest BCUT2D eigenvalue weighted by Crippen LogP contribution is -2.00. The Kier molecular flexibility index (Phi) is 3.93. The predicted octanol–water partition coefficient (Wildman–Crippen LogP) is 3.24. The third-order valence-electron chi connectivity index (χ3n) is 3.75. The topological polar surface area (TPSA) is 68.6 Å². The molecule has 1 aliphatic rings. The van der Waals surface area contributed by atoms with Crippen molar-refractivity contribution in [3.63, 3.8) is 0 Å². The Bertz CT molecular complexity index is 890. The van der Waals surface area contributed by atoms with Crippen molar-refractivity contribution < 1.29 is 9.47 Å². The first-order valence-electron chi connectivity index (χ1n) is 7.80. The van der Waals surface area contributed by atoms with Gasteiger partial charge in [-0.05, 0) is 12.1 Å². The summed E-state index contributed by atoms with van der Waals surface area (Å²) in [5.74, 6) is 2.09. The molecule has 2 heterocycles. The van der Waals surface area contributed by atoms with E-state index in [-0.39, 0.29) is 0 Å². The fourth-order valence-corrected chi connectivity index (χ4v) is 2.59. The van der Waals surface area contributed by atoms with Gasteiger partial charge in [-0.25, -0.2) is 0 Å². The first-order valence-corrected chi connectivity index (χ1v) is 7.80. The summed E-state index contributed by atoms with van der Waals surface area (Å²) in [6.07, 6.45) is 4.30. The molecule has 1 N–H and O–H groups in total. The van der Waals surface area contributed by atoms with Crippen LogP contribution in [0, 0.1) is 0 Å². The summed E-state index contributed by atoms with van der Waals surface area (Å²) in [6, 6.07) is 13.7. The molecular weight excluding hydrogens is 304 g/mol. The summed E-state index contributed by atoms with van der Waals surface area (Å²) < 4.78 is 11.5. The van der Waals surface area contributed by atoms with Crippen LogP contribution in [0.4, 0.5) is 5.82 Å². The fraction of sp³-hybridized carbons (Fsp3) is 0.167. The van der Waals surface area contributed by atoms with Crippen LogP contribution < -0.4 is 14.9 Å². The molecule has 3 aromatic rings. The van der Waals surface area contributed by atoms with Gasteiger partial charge in [0.15, 0.2) is 17.3 Å². The maximum Gasteiger partial charge on any atom is 0.176 e.